The van der Waals surface area contributed by atoms with Crippen LogP contribution in [-0.4, -0.2) is 51.3 Å². The SMILES string of the molecule is CC(=O)OC1CCC2(C)C3CCC4(C)C(CCC4(O)C(C)=O)C3CC(OC(C)=O)C2(O)C1. The third-order valence-corrected chi connectivity index (χ3v) is 10.2. The summed E-state index contributed by atoms with van der Waals surface area (Å²) in [5.41, 5.74) is -3.63. The molecule has 4 rings (SSSR count). The molecule has 7 heteroatoms. The van der Waals surface area contributed by atoms with Crippen LogP contribution >= 0.6 is 0 Å². The van der Waals surface area contributed by atoms with Crippen molar-refractivity contribution in [2.45, 2.75) is 109 Å². The Labute approximate surface area is 190 Å². The summed E-state index contributed by atoms with van der Waals surface area (Å²) in [5, 5.41) is 23.5. The zero-order valence-electron chi connectivity index (χ0n) is 20.0. The Morgan fingerprint density at radius 2 is 1.38 bits per heavy atom. The molecule has 0 radical (unpaired) electrons. The number of rotatable bonds is 3. The lowest BCUT2D eigenvalue weighted by Gasteiger charge is -2.65. The number of aliphatic hydroxyl groups is 2. The van der Waals surface area contributed by atoms with Crippen LogP contribution in [0.15, 0.2) is 0 Å². The first-order chi connectivity index (χ1) is 14.8. The first kappa shape index (κ1) is 23.7. The topological polar surface area (TPSA) is 110 Å². The van der Waals surface area contributed by atoms with Crippen molar-refractivity contribution in [2.24, 2.45) is 28.6 Å². The van der Waals surface area contributed by atoms with E-state index in [1.165, 1.54) is 20.8 Å². The van der Waals surface area contributed by atoms with E-state index in [0.717, 1.165) is 19.3 Å². The third-order valence-electron chi connectivity index (χ3n) is 10.2. The van der Waals surface area contributed by atoms with Crippen molar-refractivity contribution in [1.29, 1.82) is 0 Å². The number of fused-ring (bicyclic) bond motifs is 5. The molecule has 32 heavy (non-hydrogen) atoms. The zero-order valence-corrected chi connectivity index (χ0v) is 20.0. The Balaban J connectivity index is 1.72. The van der Waals surface area contributed by atoms with Gasteiger partial charge in [0.25, 0.3) is 0 Å². The second-order valence-corrected chi connectivity index (χ2v) is 11.4. The number of ketones is 1. The Hall–Kier alpha value is -1.47. The van der Waals surface area contributed by atoms with Gasteiger partial charge in [0.15, 0.2) is 5.78 Å². The van der Waals surface area contributed by atoms with Crippen molar-refractivity contribution in [2.75, 3.05) is 0 Å². The maximum atomic E-state index is 12.5. The average molecular weight is 451 g/mol. The van der Waals surface area contributed by atoms with Crippen LogP contribution in [0, 0.1) is 28.6 Å². The molecule has 4 saturated carbocycles. The van der Waals surface area contributed by atoms with E-state index in [9.17, 15) is 24.6 Å². The number of carbonyl (C=O) groups excluding carboxylic acids is 3. The van der Waals surface area contributed by atoms with E-state index in [-0.39, 0.29) is 35.9 Å². The fraction of sp³-hybridized carbons (Fsp3) is 0.880. The Bertz CT molecular complexity index is 825. The van der Waals surface area contributed by atoms with E-state index in [1.807, 2.05) is 6.92 Å². The van der Waals surface area contributed by atoms with Crippen LogP contribution in [-0.2, 0) is 23.9 Å². The summed E-state index contributed by atoms with van der Waals surface area (Å²) in [6.45, 7) is 8.35. The fourth-order valence-corrected chi connectivity index (χ4v) is 8.49. The molecule has 9 atom stereocenters. The minimum Gasteiger partial charge on any atom is -0.462 e. The van der Waals surface area contributed by atoms with Gasteiger partial charge in [-0.2, -0.15) is 0 Å². The standard InChI is InChI=1S/C25H38O7/c1-14(26)24(29)11-8-20-18-12-21(32-16(3)28)25(30)13-17(31-15(2)27)6-9-23(25,5)19(18)7-10-22(20,24)4/h17-21,29-30H,6-13H2,1-5H3. The van der Waals surface area contributed by atoms with Gasteiger partial charge < -0.3 is 19.7 Å². The Morgan fingerprint density at radius 3 is 1.97 bits per heavy atom. The largest absolute Gasteiger partial charge is 0.462 e. The quantitative estimate of drug-likeness (QED) is 0.636. The predicted octanol–water partition coefficient (Wildman–Crippen LogP) is 2.94. The first-order valence-electron chi connectivity index (χ1n) is 12.1. The summed E-state index contributed by atoms with van der Waals surface area (Å²) in [6.07, 6.45) is 3.71. The van der Waals surface area contributed by atoms with Gasteiger partial charge in [0.1, 0.15) is 23.4 Å². The summed E-state index contributed by atoms with van der Waals surface area (Å²) in [4.78, 5) is 36.1. The molecule has 4 aliphatic rings. The van der Waals surface area contributed by atoms with Crippen LogP contribution in [0.3, 0.4) is 0 Å². The molecule has 0 aromatic heterocycles. The van der Waals surface area contributed by atoms with Crippen molar-refractivity contribution in [3.63, 3.8) is 0 Å². The second kappa shape index (κ2) is 7.52. The van der Waals surface area contributed by atoms with E-state index in [2.05, 4.69) is 6.92 Å². The molecule has 0 heterocycles. The van der Waals surface area contributed by atoms with Crippen LogP contribution in [0.1, 0.15) is 86.0 Å². The summed E-state index contributed by atoms with van der Waals surface area (Å²) < 4.78 is 11.2. The smallest absolute Gasteiger partial charge is 0.303 e. The third kappa shape index (κ3) is 3.10. The molecule has 2 N–H and O–H groups in total. The van der Waals surface area contributed by atoms with Crippen molar-refractivity contribution >= 4 is 17.7 Å². The van der Waals surface area contributed by atoms with E-state index in [4.69, 9.17) is 9.47 Å². The van der Waals surface area contributed by atoms with Gasteiger partial charge in [0, 0.05) is 31.1 Å². The summed E-state index contributed by atoms with van der Waals surface area (Å²) in [7, 11) is 0. The summed E-state index contributed by atoms with van der Waals surface area (Å²) >= 11 is 0. The number of hydrogen-bond donors (Lipinski definition) is 2. The van der Waals surface area contributed by atoms with Crippen LogP contribution in [0.25, 0.3) is 0 Å². The number of ether oxygens (including phenoxy) is 2. The first-order valence-corrected chi connectivity index (χ1v) is 12.1. The molecule has 180 valence electrons. The lowest BCUT2D eigenvalue weighted by Crippen LogP contribution is -2.70. The molecular formula is C25H38O7. The lowest BCUT2D eigenvalue weighted by molar-refractivity contribution is -0.273. The van der Waals surface area contributed by atoms with Gasteiger partial charge in [-0.05, 0) is 69.6 Å². The number of carbonyl (C=O) groups is 3. The van der Waals surface area contributed by atoms with E-state index in [1.54, 1.807) is 0 Å². The molecule has 0 spiro atoms. The molecule has 0 aromatic carbocycles. The summed E-state index contributed by atoms with van der Waals surface area (Å²) in [5.74, 6) is -0.530. The van der Waals surface area contributed by atoms with Gasteiger partial charge in [-0.1, -0.05) is 13.8 Å². The van der Waals surface area contributed by atoms with E-state index < -0.39 is 40.2 Å². The molecule has 0 saturated heterocycles. The molecule has 4 aliphatic carbocycles. The molecule has 7 nitrogen and oxygen atoms in total. The van der Waals surface area contributed by atoms with E-state index in [0.29, 0.717) is 25.7 Å². The van der Waals surface area contributed by atoms with Crippen molar-refractivity contribution in [3.8, 4) is 0 Å². The molecule has 0 bridgehead atoms. The van der Waals surface area contributed by atoms with Gasteiger partial charge >= 0.3 is 11.9 Å². The van der Waals surface area contributed by atoms with Gasteiger partial charge in [-0.25, -0.2) is 0 Å². The van der Waals surface area contributed by atoms with Crippen LogP contribution < -0.4 is 0 Å². The molecular weight excluding hydrogens is 412 g/mol. The van der Waals surface area contributed by atoms with Crippen molar-refractivity contribution in [3.05, 3.63) is 0 Å². The minimum atomic E-state index is -1.32. The van der Waals surface area contributed by atoms with Crippen LogP contribution in [0.5, 0.6) is 0 Å². The lowest BCUT2D eigenvalue weighted by atomic mass is 9.42. The fourth-order valence-electron chi connectivity index (χ4n) is 8.49. The highest BCUT2D eigenvalue weighted by atomic mass is 16.6. The highest BCUT2D eigenvalue weighted by Gasteiger charge is 2.71. The Morgan fingerprint density at radius 1 is 0.812 bits per heavy atom. The molecule has 0 aromatic rings. The highest BCUT2D eigenvalue weighted by Crippen LogP contribution is 2.69. The van der Waals surface area contributed by atoms with Crippen LogP contribution in [0.4, 0.5) is 0 Å². The van der Waals surface area contributed by atoms with Gasteiger partial charge in [0.2, 0.25) is 0 Å². The molecule has 4 fully saturated rings. The monoisotopic (exact) mass is 450 g/mol. The predicted molar refractivity (Wildman–Crippen MR) is 115 cm³/mol. The number of hydrogen-bond acceptors (Lipinski definition) is 7. The Kier molecular flexibility index (Phi) is 5.57. The maximum absolute atomic E-state index is 12.5. The second-order valence-electron chi connectivity index (χ2n) is 11.4. The maximum Gasteiger partial charge on any atom is 0.303 e. The zero-order chi connectivity index (χ0) is 23.7. The van der Waals surface area contributed by atoms with Crippen LogP contribution in [0.2, 0.25) is 0 Å². The van der Waals surface area contributed by atoms with Gasteiger partial charge in [-0.15, -0.1) is 0 Å². The van der Waals surface area contributed by atoms with E-state index >= 15 is 0 Å². The molecule has 0 aliphatic heterocycles. The normalized spacial score (nSPS) is 49.9. The number of Topliss-reactive ketones (excluding diaryl/α,β-unsaturated/α-hetero) is 1. The highest BCUT2D eigenvalue weighted by molar-refractivity contribution is 5.86. The number of esters is 2. The van der Waals surface area contributed by atoms with Gasteiger partial charge in [0.05, 0.1) is 0 Å². The van der Waals surface area contributed by atoms with Crippen molar-refractivity contribution in [1.82, 2.24) is 0 Å². The minimum absolute atomic E-state index is 0.126. The molecule has 9 unspecified atom stereocenters. The van der Waals surface area contributed by atoms with Gasteiger partial charge in [-0.3, -0.25) is 14.4 Å². The average Bonchev–Trinajstić information content (AvgIpc) is 2.96. The van der Waals surface area contributed by atoms with Crippen molar-refractivity contribution < 1.29 is 34.1 Å². The summed E-state index contributed by atoms with van der Waals surface area (Å²) in [6, 6.07) is 0. The molecule has 0 amide bonds.